The molecule has 5 nitrogen and oxygen atoms in total. The zero-order valence-corrected chi connectivity index (χ0v) is 24.3. The molecule has 2 aromatic rings. The van der Waals surface area contributed by atoms with Crippen molar-refractivity contribution in [1.82, 2.24) is 9.88 Å². The number of esters is 1. The number of nitrogens with zero attached hydrogens (tertiary/aromatic N) is 2. The van der Waals surface area contributed by atoms with E-state index in [0.29, 0.717) is 29.2 Å². The zero-order chi connectivity index (χ0) is 27.1. The Morgan fingerprint density at radius 3 is 2.50 bits per heavy atom. The molecule has 0 unspecified atom stereocenters. The van der Waals surface area contributed by atoms with Crippen molar-refractivity contribution in [2.45, 2.75) is 90.4 Å². The lowest BCUT2D eigenvalue weighted by Gasteiger charge is -2.38. The molecule has 6 heteroatoms. The Kier molecular flexibility index (Phi) is 10.2. The molecule has 4 rings (SSSR count). The lowest BCUT2D eigenvalue weighted by molar-refractivity contribution is -0.156. The normalized spacial score (nSPS) is 24.7. The lowest BCUT2D eigenvalue weighted by atomic mass is 9.75. The highest BCUT2D eigenvalue weighted by Crippen LogP contribution is 2.37. The highest BCUT2D eigenvalue weighted by molar-refractivity contribution is 6.30. The second-order valence-electron chi connectivity index (χ2n) is 11.9. The van der Waals surface area contributed by atoms with Crippen LogP contribution in [0.15, 0.2) is 48.7 Å². The minimum absolute atomic E-state index is 0.0259. The fourth-order valence-corrected chi connectivity index (χ4v) is 6.32. The van der Waals surface area contributed by atoms with Crippen LogP contribution in [0, 0.1) is 17.8 Å². The average molecular weight is 541 g/mol. The topological polar surface area (TPSA) is 51.7 Å². The van der Waals surface area contributed by atoms with Crippen LogP contribution in [0.3, 0.4) is 0 Å². The molecule has 0 N–H and O–H groups in total. The molecule has 1 saturated carbocycles. The van der Waals surface area contributed by atoms with E-state index in [0.717, 1.165) is 56.6 Å². The molecule has 1 aliphatic heterocycles. The van der Waals surface area contributed by atoms with Crippen molar-refractivity contribution < 1.29 is 14.3 Å². The number of aromatic nitrogens is 1. The van der Waals surface area contributed by atoms with Gasteiger partial charge in [-0.3, -0.25) is 9.78 Å². The molecule has 0 amide bonds. The molecule has 1 aromatic carbocycles. The van der Waals surface area contributed by atoms with Gasteiger partial charge in [-0.15, -0.1) is 0 Å². The summed E-state index contributed by atoms with van der Waals surface area (Å²) in [5.74, 6) is 1.68. The first-order chi connectivity index (χ1) is 18.2. The molecule has 0 bridgehead atoms. The van der Waals surface area contributed by atoms with Crippen LogP contribution in [0.4, 0.5) is 0 Å². The zero-order valence-electron chi connectivity index (χ0n) is 23.6. The number of halogens is 1. The number of ether oxygens (including phenoxy) is 2. The average Bonchev–Trinajstić information content (AvgIpc) is 2.90. The summed E-state index contributed by atoms with van der Waals surface area (Å²) in [6, 6.07) is 13.8. The third kappa shape index (κ3) is 7.58. The van der Waals surface area contributed by atoms with Gasteiger partial charge in [0.15, 0.2) is 0 Å². The molecule has 2 fully saturated rings. The fourth-order valence-electron chi connectivity index (χ4n) is 6.20. The van der Waals surface area contributed by atoms with Crippen LogP contribution in [-0.4, -0.2) is 47.7 Å². The molecule has 1 aromatic heterocycles. The SMILES string of the molecule is CC(C)[C@H]1CC[C@H](C)C[C@@H]1OC(=O)CCCN1CCC(O[C@](C)(c2ccc(Cl)cc2)c2ccccn2)CC1. The minimum atomic E-state index is -0.646. The van der Waals surface area contributed by atoms with Crippen LogP contribution in [0.5, 0.6) is 0 Å². The Morgan fingerprint density at radius 1 is 1.11 bits per heavy atom. The van der Waals surface area contributed by atoms with E-state index in [4.69, 9.17) is 21.1 Å². The van der Waals surface area contributed by atoms with E-state index in [9.17, 15) is 4.79 Å². The van der Waals surface area contributed by atoms with Gasteiger partial charge in [-0.05, 0) is 93.2 Å². The van der Waals surface area contributed by atoms with Crippen LogP contribution in [-0.2, 0) is 19.9 Å². The third-order valence-electron chi connectivity index (χ3n) is 8.59. The predicted octanol–water partition coefficient (Wildman–Crippen LogP) is 7.26. The van der Waals surface area contributed by atoms with Crippen molar-refractivity contribution >= 4 is 17.6 Å². The summed E-state index contributed by atoms with van der Waals surface area (Å²) in [4.78, 5) is 19.7. The summed E-state index contributed by atoms with van der Waals surface area (Å²) < 4.78 is 12.8. The van der Waals surface area contributed by atoms with Gasteiger partial charge in [-0.1, -0.05) is 57.0 Å². The molecule has 2 aliphatic rings. The lowest BCUT2D eigenvalue weighted by Crippen LogP contribution is -2.42. The van der Waals surface area contributed by atoms with E-state index < -0.39 is 5.60 Å². The highest BCUT2D eigenvalue weighted by Gasteiger charge is 2.36. The van der Waals surface area contributed by atoms with E-state index in [2.05, 4.69) is 37.6 Å². The predicted molar refractivity (Wildman–Crippen MR) is 153 cm³/mol. The molecule has 1 aliphatic carbocycles. The van der Waals surface area contributed by atoms with Crippen LogP contribution in [0.1, 0.15) is 83.9 Å². The van der Waals surface area contributed by atoms with Gasteiger partial charge in [0.05, 0.1) is 11.8 Å². The Balaban J connectivity index is 1.25. The fraction of sp³-hybridized carbons (Fsp3) is 0.625. The van der Waals surface area contributed by atoms with Crippen molar-refractivity contribution in [1.29, 1.82) is 0 Å². The number of pyridine rings is 1. The first-order valence-electron chi connectivity index (χ1n) is 14.5. The number of rotatable bonds is 10. The number of hydrogen-bond donors (Lipinski definition) is 0. The van der Waals surface area contributed by atoms with Crippen LogP contribution in [0.25, 0.3) is 0 Å². The number of hydrogen-bond acceptors (Lipinski definition) is 5. The standard InChI is InChI=1S/C32H45ClN2O3/c1-23(2)28-15-10-24(3)22-29(28)37-31(36)9-7-19-35-20-16-27(17-21-35)38-32(4,30-8-5-6-18-34-30)25-11-13-26(33)14-12-25/h5-6,8,11-14,18,23-24,27-29H,7,9-10,15-17,19-22H2,1-4H3/t24-,28+,29-,32+/m0/s1. The van der Waals surface area contributed by atoms with Gasteiger partial charge in [0.25, 0.3) is 0 Å². The molecule has 38 heavy (non-hydrogen) atoms. The van der Waals surface area contributed by atoms with Crippen molar-refractivity contribution in [3.05, 3.63) is 64.9 Å². The van der Waals surface area contributed by atoms with Crippen LogP contribution < -0.4 is 0 Å². The van der Waals surface area contributed by atoms with E-state index in [-0.39, 0.29) is 18.2 Å². The summed E-state index contributed by atoms with van der Waals surface area (Å²) in [5, 5.41) is 0.711. The van der Waals surface area contributed by atoms with Gasteiger partial charge in [0.2, 0.25) is 0 Å². The van der Waals surface area contributed by atoms with Gasteiger partial charge < -0.3 is 14.4 Å². The molecule has 2 heterocycles. The quantitative estimate of drug-likeness (QED) is 0.297. The van der Waals surface area contributed by atoms with E-state index in [1.54, 1.807) is 0 Å². The van der Waals surface area contributed by atoms with Gasteiger partial charge >= 0.3 is 5.97 Å². The van der Waals surface area contributed by atoms with E-state index >= 15 is 0 Å². The van der Waals surface area contributed by atoms with E-state index in [1.165, 1.54) is 12.8 Å². The first-order valence-corrected chi connectivity index (χ1v) is 14.9. The maximum Gasteiger partial charge on any atom is 0.306 e. The van der Waals surface area contributed by atoms with Gasteiger partial charge in [0, 0.05) is 30.7 Å². The first kappa shape index (κ1) is 29.0. The third-order valence-corrected chi connectivity index (χ3v) is 8.84. The minimum Gasteiger partial charge on any atom is -0.462 e. The monoisotopic (exact) mass is 540 g/mol. The Morgan fingerprint density at radius 2 is 1.84 bits per heavy atom. The molecule has 1 saturated heterocycles. The molecule has 4 atom stereocenters. The number of piperidine rings is 1. The summed E-state index contributed by atoms with van der Waals surface area (Å²) in [5.41, 5.74) is 1.30. The van der Waals surface area contributed by atoms with Gasteiger partial charge in [0.1, 0.15) is 11.7 Å². The molecule has 0 spiro atoms. The van der Waals surface area contributed by atoms with Gasteiger partial charge in [-0.2, -0.15) is 0 Å². The molecule has 0 radical (unpaired) electrons. The van der Waals surface area contributed by atoms with Crippen LogP contribution in [0.2, 0.25) is 5.02 Å². The van der Waals surface area contributed by atoms with Crippen molar-refractivity contribution in [2.75, 3.05) is 19.6 Å². The maximum atomic E-state index is 12.7. The van der Waals surface area contributed by atoms with Crippen molar-refractivity contribution in [3.63, 3.8) is 0 Å². The molecule has 208 valence electrons. The number of likely N-dealkylation sites (tertiary alicyclic amines) is 1. The Labute approximate surface area is 234 Å². The summed E-state index contributed by atoms with van der Waals surface area (Å²) in [7, 11) is 0. The summed E-state index contributed by atoms with van der Waals surface area (Å²) in [6.45, 7) is 11.7. The maximum absolute atomic E-state index is 12.7. The second kappa shape index (κ2) is 13.4. The van der Waals surface area contributed by atoms with Gasteiger partial charge in [-0.25, -0.2) is 0 Å². The van der Waals surface area contributed by atoms with Crippen molar-refractivity contribution in [3.8, 4) is 0 Å². The molecular formula is C32H45ClN2O3. The smallest absolute Gasteiger partial charge is 0.306 e. The summed E-state index contributed by atoms with van der Waals surface area (Å²) >= 11 is 6.16. The highest BCUT2D eigenvalue weighted by atomic mass is 35.5. The van der Waals surface area contributed by atoms with Crippen LogP contribution >= 0.6 is 11.6 Å². The summed E-state index contributed by atoms with van der Waals surface area (Å²) in [6.07, 6.45) is 8.73. The number of carbonyl (C=O) groups excluding carboxylic acids is 1. The number of benzene rings is 1. The van der Waals surface area contributed by atoms with Crippen molar-refractivity contribution in [2.24, 2.45) is 17.8 Å². The number of carbonyl (C=O) groups is 1. The van der Waals surface area contributed by atoms with E-state index in [1.807, 2.05) is 48.7 Å². The Bertz CT molecular complexity index is 1010. The Hall–Kier alpha value is -1.95. The largest absolute Gasteiger partial charge is 0.462 e. The molecular weight excluding hydrogens is 496 g/mol. The second-order valence-corrected chi connectivity index (χ2v) is 12.3.